The van der Waals surface area contributed by atoms with Crippen LogP contribution in [-0.2, 0) is 13.0 Å². The lowest BCUT2D eigenvalue weighted by Crippen LogP contribution is -2.37. The fraction of sp³-hybridized carbons (Fsp3) is 0.800. The maximum Gasteiger partial charge on any atom is 0.185 e. The highest BCUT2D eigenvalue weighted by Crippen LogP contribution is 2.32. The molecule has 0 atom stereocenters. The quantitative estimate of drug-likeness (QED) is 0.894. The molecule has 0 aliphatic heterocycles. The largest absolute Gasteiger partial charge is 0.348 e. The molecule has 0 spiro atoms. The van der Waals surface area contributed by atoms with Gasteiger partial charge in [0.05, 0.1) is 5.69 Å². The van der Waals surface area contributed by atoms with E-state index in [9.17, 15) is 0 Å². The van der Waals surface area contributed by atoms with E-state index in [4.69, 9.17) is 4.98 Å². The molecule has 1 N–H and O–H groups in total. The molecule has 3 nitrogen and oxygen atoms in total. The Bertz CT molecular complexity index is 416. The number of thiazole rings is 1. The van der Waals surface area contributed by atoms with Crippen molar-refractivity contribution in [2.24, 2.45) is 0 Å². The molecule has 19 heavy (non-hydrogen) atoms. The molecule has 1 saturated carbocycles. The summed E-state index contributed by atoms with van der Waals surface area (Å²) in [6.07, 6.45) is 5.05. The van der Waals surface area contributed by atoms with E-state index in [0.29, 0.717) is 0 Å². The molecule has 1 aliphatic carbocycles. The van der Waals surface area contributed by atoms with Crippen molar-refractivity contribution in [2.45, 2.75) is 71.5 Å². The number of nitrogens with one attached hydrogen (secondary N) is 1. The summed E-state index contributed by atoms with van der Waals surface area (Å²) in [4.78, 5) is 8.62. The smallest absolute Gasteiger partial charge is 0.185 e. The van der Waals surface area contributed by atoms with E-state index in [2.05, 4.69) is 45.0 Å². The lowest BCUT2D eigenvalue weighted by molar-refractivity contribution is 0.401. The summed E-state index contributed by atoms with van der Waals surface area (Å²) in [6, 6.07) is 0.722. The van der Waals surface area contributed by atoms with Crippen LogP contribution in [0, 0.1) is 0 Å². The van der Waals surface area contributed by atoms with Gasteiger partial charge in [-0.25, -0.2) is 4.98 Å². The highest BCUT2D eigenvalue weighted by Gasteiger charge is 2.25. The van der Waals surface area contributed by atoms with E-state index in [1.165, 1.54) is 35.0 Å². The molecule has 0 amide bonds. The van der Waals surface area contributed by atoms with Crippen LogP contribution >= 0.6 is 11.3 Å². The van der Waals surface area contributed by atoms with Gasteiger partial charge in [0, 0.05) is 30.1 Å². The number of rotatable bonds is 5. The number of nitrogens with zero attached hydrogens (tertiary/aromatic N) is 2. The second kappa shape index (κ2) is 5.80. The highest BCUT2D eigenvalue weighted by atomic mass is 32.1. The standard InChI is InChI=1S/C15H27N3S/c1-6-12-13(10-16-15(2,3)4)19-14(17-12)18(5)11-8-7-9-11/h11,16H,6-10H2,1-5H3. The normalized spacial score (nSPS) is 16.5. The number of aryl methyl sites for hydroxylation is 1. The minimum atomic E-state index is 0.162. The van der Waals surface area contributed by atoms with E-state index in [0.717, 1.165) is 19.0 Å². The van der Waals surface area contributed by atoms with Crippen molar-refractivity contribution in [1.82, 2.24) is 10.3 Å². The average Bonchev–Trinajstić information content (AvgIpc) is 2.66. The van der Waals surface area contributed by atoms with Gasteiger partial charge in [0.25, 0.3) is 0 Å². The van der Waals surface area contributed by atoms with Crippen molar-refractivity contribution in [3.05, 3.63) is 10.6 Å². The molecule has 1 fully saturated rings. The van der Waals surface area contributed by atoms with E-state index in [-0.39, 0.29) is 5.54 Å². The molecular formula is C15H27N3S. The molecule has 1 aromatic rings. The Morgan fingerprint density at radius 1 is 1.37 bits per heavy atom. The summed E-state index contributed by atoms with van der Waals surface area (Å²) in [7, 11) is 2.20. The second-order valence-corrected chi connectivity index (χ2v) is 7.58. The minimum Gasteiger partial charge on any atom is -0.348 e. The van der Waals surface area contributed by atoms with E-state index in [1.807, 2.05) is 11.3 Å². The van der Waals surface area contributed by atoms with Crippen LogP contribution in [0.1, 0.15) is 57.5 Å². The van der Waals surface area contributed by atoms with Gasteiger partial charge in [0.15, 0.2) is 5.13 Å². The number of hydrogen-bond acceptors (Lipinski definition) is 4. The first-order chi connectivity index (χ1) is 8.90. The molecule has 4 heteroatoms. The summed E-state index contributed by atoms with van der Waals surface area (Å²) in [5.74, 6) is 0. The van der Waals surface area contributed by atoms with E-state index in [1.54, 1.807) is 0 Å². The molecule has 0 saturated heterocycles. The fourth-order valence-corrected chi connectivity index (χ4v) is 3.33. The van der Waals surface area contributed by atoms with Crippen LogP contribution in [-0.4, -0.2) is 23.6 Å². The van der Waals surface area contributed by atoms with Gasteiger partial charge >= 0.3 is 0 Å². The first kappa shape index (κ1) is 14.8. The fourth-order valence-electron chi connectivity index (χ4n) is 2.21. The maximum absolute atomic E-state index is 4.84. The van der Waals surface area contributed by atoms with Crippen molar-refractivity contribution in [1.29, 1.82) is 0 Å². The SMILES string of the molecule is CCc1nc(N(C)C2CCC2)sc1CNC(C)(C)C. The summed E-state index contributed by atoms with van der Waals surface area (Å²) in [6.45, 7) is 9.76. The minimum absolute atomic E-state index is 0.162. The van der Waals surface area contributed by atoms with Crippen LogP contribution in [0.15, 0.2) is 0 Å². The summed E-state index contributed by atoms with van der Waals surface area (Å²) in [5, 5.41) is 4.78. The maximum atomic E-state index is 4.84. The Labute approximate surface area is 121 Å². The Hall–Kier alpha value is -0.610. The first-order valence-electron chi connectivity index (χ1n) is 7.37. The molecular weight excluding hydrogens is 254 g/mol. The van der Waals surface area contributed by atoms with Crippen LogP contribution in [0.3, 0.4) is 0 Å². The van der Waals surface area contributed by atoms with Gasteiger partial charge in [-0.3, -0.25) is 0 Å². The second-order valence-electron chi connectivity index (χ2n) is 6.52. The third kappa shape index (κ3) is 3.69. The zero-order chi connectivity index (χ0) is 14.0. The Kier molecular flexibility index (Phi) is 4.51. The lowest BCUT2D eigenvalue weighted by Gasteiger charge is -2.34. The van der Waals surface area contributed by atoms with E-state index >= 15 is 0 Å². The average molecular weight is 281 g/mol. The molecule has 1 heterocycles. The molecule has 108 valence electrons. The molecule has 2 rings (SSSR count). The van der Waals surface area contributed by atoms with Crippen molar-refractivity contribution < 1.29 is 0 Å². The first-order valence-corrected chi connectivity index (χ1v) is 8.19. The Morgan fingerprint density at radius 3 is 2.53 bits per heavy atom. The predicted octanol–water partition coefficient (Wildman–Crippen LogP) is 3.58. The molecule has 0 bridgehead atoms. The van der Waals surface area contributed by atoms with E-state index < -0.39 is 0 Å². The summed E-state index contributed by atoms with van der Waals surface area (Å²) in [5.41, 5.74) is 1.43. The van der Waals surface area contributed by atoms with Gasteiger partial charge in [-0.1, -0.05) is 6.92 Å². The monoisotopic (exact) mass is 281 g/mol. The number of anilines is 1. The molecule has 1 aliphatic rings. The van der Waals surface area contributed by atoms with Gasteiger partial charge in [-0.15, -0.1) is 11.3 Å². The third-order valence-electron chi connectivity index (χ3n) is 3.81. The van der Waals surface area contributed by atoms with Gasteiger partial charge in [-0.2, -0.15) is 0 Å². The Morgan fingerprint density at radius 2 is 2.05 bits per heavy atom. The van der Waals surface area contributed by atoms with Crippen LogP contribution in [0.5, 0.6) is 0 Å². The zero-order valence-corrected chi connectivity index (χ0v) is 13.7. The molecule has 0 unspecified atom stereocenters. The van der Waals surface area contributed by atoms with Crippen LogP contribution in [0.2, 0.25) is 0 Å². The third-order valence-corrected chi connectivity index (χ3v) is 4.99. The van der Waals surface area contributed by atoms with Crippen molar-refractivity contribution in [3.63, 3.8) is 0 Å². The van der Waals surface area contributed by atoms with Gasteiger partial charge in [0.1, 0.15) is 0 Å². The zero-order valence-electron chi connectivity index (χ0n) is 12.9. The summed E-state index contributed by atoms with van der Waals surface area (Å²) >= 11 is 1.86. The highest BCUT2D eigenvalue weighted by molar-refractivity contribution is 7.15. The predicted molar refractivity (Wildman–Crippen MR) is 84.1 cm³/mol. The van der Waals surface area contributed by atoms with Gasteiger partial charge in [0.2, 0.25) is 0 Å². The molecule has 1 aromatic heterocycles. The van der Waals surface area contributed by atoms with Crippen LogP contribution in [0.4, 0.5) is 5.13 Å². The van der Waals surface area contributed by atoms with Crippen molar-refractivity contribution in [3.8, 4) is 0 Å². The Balaban J connectivity index is 2.07. The topological polar surface area (TPSA) is 28.2 Å². The van der Waals surface area contributed by atoms with Gasteiger partial charge in [-0.05, 0) is 46.5 Å². The lowest BCUT2D eigenvalue weighted by atomic mass is 9.92. The van der Waals surface area contributed by atoms with Crippen molar-refractivity contribution in [2.75, 3.05) is 11.9 Å². The number of aromatic nitrogens is 1. The van der Waals surface area contributed by atoms with Crippen LogP contribution in [0.25, 0.3) is 0 Å². The van der Waals surface area contributed by atoms with Crippen molar-refractivity contribution >= 4 is 16.5 Å². The summed E-state index contributed by atoms with van der Waals surface area (Å²) < 4.78 is 0. The molecule has 0 radical (unpaired) electrons. The van der Waals surface area contributed by atoms with Crippen LogP contribution < -0.4 is 10.2 Å². The molecule has 0 aromatic carbocycles. The van der Waals surface area contributed by atoms with Gasteiger partial charge < -0.3 is 10.2 Å². The number of hydrogen-bond donors (Lipinski definition) is 1.